The SMILES string of the molecule is Clc1sc(C(NC2CC2)c2nc3c(s2)CCC3)cc1Br. The van der Waals surface area contributed by atoms with Crippen LogP contribution in [0.5, 0.6) is 0 Å². The van der Waals surface area contributed by atoms with E-state index in [1.54, 1.807) is 11.3 Å². The number of thiophene rings is 1. The van der Waals surface area contributed by atoms with Crippen LogP contribution < -0.4 is 5.32 Å². The maximum atomic E-state index is 6.21. The number of rotatable bonds is 4. The monoisotopic (exact) mass is 388 g/mol. The summed E-state index contributed by atoms with van der Waals surface area (Å²) in [6, 6.07) is 3.00. The van der Waals surface area contributed by atoms with Gasteiger partial charge in [-0.3, -0.25) is 0 Å². The van der Waals surface area contributed by atoms with Crippen molar-refractivity contribution in [2.45, 2.75) is 44.2 Å². The van der Waals surface area contributed by atoms with E-state index in [2.05, 4.69) is 27.3 Å². The van der Waals surface area contributed by atoms with Gasteiger partial charge in [-0.25, -0.2) is 4.98 Å². The average molecular weight is 390 g/mol. The zero-order chi connectivity index (χ0) is 13.7. The largest absolute Gasteiger partial charge is 0.301 e. The molecule has 2 heterocycles. The fraction of sp³-hybridized carbons (Fsp3) is 0.500. The second-order valence-electron chi connectivity index (χ2n) is 5.42. The van der Waals surface area contributed by atoms with Crippen LogP contribution in [0.3, 0.4) is 0 Å². The van der Waals surface area contributed by atoms with Crippen LogP contribution >= 0.6 is 50.2 Å². The highest BCUT2D eigenvalue weighted by Crippen LogP contribution is 2.41. The van der Waals surface area contributed by atoms with Crippen molar-refractivity contribution >= 4 is 50.2 Å². The predicted molar refractivity (Wildman–Crippen MR) is 89.2 cm³/mol. The Kier molecular flexibility index (Phi) is 3.67. The van der Waals surface area contributed by atoms with E-state index in [9.17, 15) is 0 Å². The number of aromatic nitrogens is 1. The maximum absolute atomic E-state index is 6.21. The summed E-state index contributed by atoms with van der Waals surface area (Å²) in [6.07, 6.45) is 6.18. The second kappa shape index (κ2) is 5.36. The predicted octanol–water partition coefficient (Wildman–Crippen LogP) is 4.95. The Balaban J connectivity index is 1.69. The molecule has 0 aromatic carbocycles. The van der Waals surface area contributed by atoms with Crippen LogP contribution in [0.2, 0.25) is 4.34 Å². The molecule has 106 valence electrons. The van der Waals surface area contributed by atoms with Crippen LogP contribution in [0.4, 0.5) is 0 Å². The summed E-state index contributed by atoms with van der Waals surface area (Å²) in [5, 5.41) is 4.95. The normalized spacial score (nSPS) is 19.3. The lowest BCUT2D eigenvalue weighted by Crippen LogP contribution is -2.23. The number of fused-ring (bicyclic) bond motifs is 1. The Morgan fingerprint density at radius 2 is 2.20 bits per heavy atom. The first kappa shape index (κ1) is 13.7. The third-order valence-corrected chi connectivity index (χ3v) is 7.55. The van der Waals surface area contributed by atoms with Gasteiger partial charge in [0.2, 0.25) is 0 Å². The quantitative estimate of drug-likeness (QED) is 0.800. The van der Waals surface area contributed by atoms with Crippen LogP contribution in [0.15, 0.2) is 10.5 Å². The lowest BCUT2D eigenvalue weighted by molar-refractivity contribution is 0.604. The molecule has 1 fully saturated rings. The van der Waals surface area contributed by atoms with Crippen LogP contribution in [-0.4, -0.2) is 11.0 Å². The summed E-state index contributed by atoms with van der Waals surface area (Å²) in [7, 11) is 0. The van der Waals surface area contributed by atoms with Crippen molar-refractivity contribution in [3.63, 3.8) is 0 Å². The molecule has 1 N–H and O–H groups in total. The molecule has 1 atom stereocenters. The van der Waals surface area contributed by atoms with Crippen LogP contribution in [0.25, 0.3) is 0 Å². The number of nitrogens with zero attached hydrogens (tertiary/aromatic N) is 1. The standard InChI is InChI=1S/C14H14BrClN2S2/c15-8-6-11(19-13(8)16)12(17-7-4-5-7)14-18-9-2-1-3-10(9)20-14/h6-7,12,17H,1-5H2. The van der Waals surface area contributed by atoms with Crippen molar-refractivity contribution in [2.75, 3.05) is 0 Å². The maximum Gasteiger partial charge on any atom is 0.116 e. The molecular formula is C14H14BrClN2S2. The summed E-state index contributed by atoms with van der Waals surface area (Å²) in [4.78, 5) is 7.65. The number of thiazole rings is 1. The fourth-order valence-corrected chi connectivity index (χ4v) is 5.71. The Hall–Kier alpha value is 0.0600. The first-order chi connectivity index (χ1) is 9.70. The van der Waals surface area contributed by atoms with E-state index in [4.69, 9.17) is 16.6 Å². The molecule has 2 aliphatic carbocycles. The molecule has 4 rings (SSSR count). The van der Waals surface area contributed by atoms with Crippen LogP contribution in [-0.2, 0) is 12.8 Å². The van der Waals surface area contributed by atoms with Gasteiger partial charge in [-0.15, -0.1) is 22.7 Å². The molecule has 0 bridgehead atoms. The Bertz CT molecular complexity index is 607. The first-order valence-electron chi connectivity index (χ1n) is 6.90. The average Bonchev–Trinajstić information content (AvgIpc) is 2.82. The van der Waals surface area contributed by atoms with Crippen molar-refractivity contribution in [1.29, 1.82) is 0 Å². The molecule has 2 aromatic rings. The summed E-state index contributed by atoms with van der Waals surface area (Å²) in [5.74, 6) is 0. The highest BCUT2D eigenvalue weighted by molar-refractivity contribution is 9.10. The second-order valence-corrected chi connectivity index (χ2v) is 9.08. The van der Waals surface area contributed by atoms with E-state index >= 15 is 0 Å². The number of aryl methyl sites for hydroxylation is 2. The third kappa shape index (κ3) is 2.59. The number of halogens is 2. The molecular weight excluding hydrogens is 376 g/mol. The van der Waals surface area contributed by atoms with E-state index in [0.29, 0.717) is 6.04 Å². The van der Waals surface area contributed by atoms with Gasteiger partial charge in [-0.1, -0.05) is 11.6 Å². The lowest BCUT2D eigenvalue weighted by Gasteiger charge is -2.14. The summed E-state index contributed by atoms with van der Waals surface area (Å²) in [6.45, 7) is 0. The van der Waals surface area contributed by atoms with Gasteiger partial charge in [0.15, 0.2) is 0 Å². The summed E-state index contributed by atoms with van der Waals surface area (Å²) < 4.78 is 1.82. The number of hydrogen-bond donors (Lipinski definition) is 1. The minimum absolute atomic E-state index is 0.215. The van der Waals surface area contributed by atoms with Gasteiger partial charge >= 0.3 is 0 Å². The van der Waals surface area contributed by atoms with Gasteiger partial charge in [0.05, 0.1) is 11.7 Å². The molecule has 6 heteroatoms. The summed E-state index contributed by atoms with van der Waals surface area (Å²) >= 11 is 13.3. The minimum atomic E-state index is 0.215. The molecule has 0 radical (unpaired) electrons. The topological polar surface area (TPSA) is 24.9 Å². The van der Waals surface area contributed by atoms with Crippen molar-refractivity contribution in [1.82, 2.24) is 10.3 Å². The molecule has 0 spiro atoms. The Labute approximate surface area is 139 Å². The van der Waals surface area contributed by atoms with Gasteiger partial charge in [-0.05, 0) is 54.1 Å². The molecule has 2 aromatic heterocycles. The van der Waals surface area contributed by atoms with E-state index in [-0.39, 0.29) is 6.04 Å². The van der Waals surface area contributed by atoms with E-state index in [0.717, 1.165) is 15.2 Å². The van der Waals surface area contributed by atoms with Crippen LogP contribution in [0.1, 0.15) is 45.8 Å². The number of nitrogens with one attached hydrogen (secondary N) is 1. The van der Waals surface area contributed by atoms with Crippen molar-refractivity contribution in [3.05, 3.63) is 35.3 Å². The zero-order valence-corrected chi connectivity index (χ0v) is 14.8. The fourth-order valence-electron chi connectivity index (χ4n) is 2.60. The molecule has 2 nitrogen and oxygen atoms in total. The summed E-state index contributed by atoms with van der Waals surface area (Å²) in [5.41, 5.74) is 1.33. The third-order valence-electron chi connectivity index (χ3n) is 3.79. The lowest BCUT2D eigenvalue weighted by atomic mass is 10.2. The van der Waals surface area contributed by atoms with Crippen molar-refractivity contribution in [3.8, 4) is 0 Å². The number of hydrogen-bond acceptors (Lipinski definition) is 4. The Morgan fingerprint density at radius 1 is 1.35 bits per heavy atom. The molecule has 20 heavy (non-hydrogen) atoms. The van der Waals surface area contributed by atoms with E-state index in [1.807, 2.05) is 11.3 Å². The first-order valence-corrected chi connectivity index (χ1v) is 9.70. The van der Waals surface area contributed by atoms with Crippen molar-refractivity contribution in [2.24, 2.45) is 0 Å². The van der Waals surface area contributed by atoms with Gasteiger partial charge in [0, 0.05) is 20.3 Å². The highest BCUT2D eigenvalue weighted by atomic mass is 79.9. The highest BCUT2D eigenvalue weighted by Gasteiger charge is 2.30. The molecule has 0 saturated heterocycles. The van der Waals surface area contributed by atoms with E-state index in [1.165, 1.54) is 46.1 Å². The molecule has 2 aliphatic rings. The Morgan fingerprint density at radius 3 is 2.85 bits per heavy atom. The van der Waals surface area contributed by atoms with Crippen molar-refractivity contribution < 1.29 is 0 Å². The van der Waals surface area contributed by atoms with Crippen LogP contribution in [0, 0.1) is 0 Å². The molecule has 1 unspecified atom stereocenters. The van der Waals surface area contributed by atoms with Gasteiger partial charge in [0.1, 0.15) is 9.34 Å². The molecule has 0 amide bonds. The van der Waals surface area contributed by atoms with E-state index < -0.39 is 0 Å². The minimum Gasteiger partial charge on any atom is -0.301 e. The molecule has 0 aliphatic heterocycles. The smallest absolute Gasteiger partial charge is 0.116 e. The zero-order valence-electron chi connectivity index (χ0n) is 10.8. The van der Waals surface area contributed by atoms with Gasteiger partial charge in [-0.2, -0.15) is 0 Å². The van der Waals surface area contributed by atoms with Gasteiger partial charge in [0.25, 0.3) is 0 Å². The van der Waals surface area contributed by atoms with Gasteiger partial charge < -0.3 is 5.32 Å². The molecule has 1 saturated carbocycles.